The fraction of sp³-hybridized carbons (Fsp3) is 0.500. The molecule has 0 spiro atoms. The van der Waals surface area contributed by atoms with Crippen molar-refractivity contribution in [2.45, 2.75) is 26.7 Å². The molecule has 3 heteroatoms. The van der Waals surface area contributed by atoms with E-state index in [9.17, 15) is 9.18 Å². The lowest BCUT2D eigenvalue weighted by Crippen LogP contribution is -2.43. The lowest BCUT2D eigenvalue weighted by molar-refractivity contribution is 0.0579. The van der Waals surface area contributed by atoms with Crippen molar-refractivity contribution in [3.8, 4) is 0 Å². The molecule has 1 aliphatic rings. The van der Waals surface area contributed by atoms with Crippen LogP contribution < -0.4 is 0 Å². The molecule has 1 aliphatic heterocycles. The number of likely N-dealkylation sites (tertiary alicyclic amines) is 1. The van der Waals surface area contributed by atoms with Gasteiger partial charge < -0.3 is 4.90 Å². The zero-order valence-corrected chi connectivity index (χ0v) is 10.3. The molecule has 1 heterocycles. The van der Waals surface area contributed by atoms with Gasteiger partial charge in [-0.15, -0.1) is 0 Å². The minimum Gasteiger partial charge on any atom is -0.338 e. The first-order valence-electron chi connectivity index (χ1n) is 5.95. The number of piperidine rings is 1. The maximum Gasteiger partial charge on any atom is 0.256 e. The van der Waals surface area contributed by atoms with E-state index in [1.54, 1.807) is 11.0 Å². The van der Waals surface area contributed by atoms with E-state index in [0.717, 1.165) is 19.4 Å². The zero-order valence-electron chi connectivity index (χ0n) is 10.3. The van der Waals surface area contributed by atoms with Crippen LogP contribution in [0.5, 0.6) is 0 Å². The average molecular weight is 234 g/mol. The van der Waals surface area contributed by atoms with Gasteiger partial charge in [0.15, 0.2) is 0 Å². The van der Waals surface area contributed by atoms with E-state index < -0.39 is 5.82 Å². The van der Waals surface area contributed by atoms with Crippen LogP contribution in [-0.2, 0) is 0 Å². The number of nitrogens with zero attached hydrogens (tertiary/aromatic N) is 1. The molecule has 1 aromatic rings. The number of benzene rings is 1. The van der Waals surface area contributed by atoms with Gasteiger partial charge in [-0.2, -0.15) is 0 Å². The zero-order chi connectivity index (χ0) is 12.5. The summed E-state index contributed by atoms with van der Waals surface area (Å²) in [6, 6.07) is 7.07. The van der Waals surface area contributed by atoms with Crippen molar-refractivity contribution in [3.05, 3.63) is 35.6 Å². The van der Waals surface area contributed by atoms with Gasteiger partial charge in [-0.05, 0) is 24.3 Å². The highest BCUT2D eigenvalue weighted by atomic mass is 19.1. The van der Waals surface area contributed by atoms with Crippen molar-refractivity contribution in [2.75, 3.05) is 13.1 Å². The predicted octanol–water partition coefficient (Wildman–Crippen LogP) is 2.89. The molecular weight excluding hydrogens is 217 g/mol. The van der Waals surface area contributed by atoms with Gasteiger partial charge in [0.25, 0.3) is 5.91 Å². The summed E-state index contributed by atoms with van der Waals surface area (Å²) in [5.74, 6) is -0.770. The molecular formula is C14H17FNO. The van der Waals surface area contributed by atoms with Gasteiger partial charge in [0.05, 0.1) is 5.56 Å². The molecule has 0 atom stereocenters. The molecule has 0 aliphatic carbocycles. The van der Waals surface area contributed by atoms with Crippen LogP contribution >= 0.6 is 0 Å². The Morgan fingerprint density at radius 1 is 1.53 bits per heavy atom. The molecule has 17 heavy (non-hydrogen) atoms. The summed E-state index contributed by atoms with van der Waals surface area (Å²) in [5, 5.41) is 0. The number of amides is 1. The molecule has 1 fully saturated rings. The third-order valence-electron chi connectivity index (χ3n) is 3.22. The van der Waals surface area contributed by atoms with Crippen LogP contribution in [0.3, 0.4) is 0 Å². The van der Waals surface area contributed by atoms with Gasteiger partial charge >= 0.3 is 0 Å². The number of halogens is 1. The van der Waals surface area contributed by atoms with Crippen LogP contribution in [0.15, 0.2) is 18.2 Å². The molecule has 2 rings (SSSR count). The van der Waals surface area contributed by atoms with Gasteiger partial charge in [0.1, 0.15) is 5.82 Å². The second-order valence-electron chi connectivity index (χ2n) is 5.39. The molecule has 2 nitrogen and oxygen atoms in total. The lowest BCUT2D eigenvalue weighted by Gasteiger charge is -2.38. The van der Waals surface area contributed by atoms with E-state index in [2.05, 4.69) is 19.9 Å². The Labute approximate surface area is 101 Å². The van der Waals surface area contributed by atoms with E-state index in [-0.39, 0.29) is 16.9 Å². The van der Waals surface area contributed by atoms with Crippen LogP contribution in [0.1, 0.15) is 37.0 Å². The Morgan fingerprint density at radius 3 is 2.94 bits per heavy atom. The summed E-state index contributed by atoms with van der Waals surface area (Å²) in [6.45, 7) is 5.69. The SMILES string of the molecule is CC1(C)CCCN(C(=O)c2ccc[c]c2F)C1. The van der Waals surface area contributed by atoms with E-state index in [1.165, 1.54) is 12.1 Å². The smallest absolute Gasteiger partial charge is 0.256 e. The van der Waals surface area contributed by atoms with Crippen LogP contribution in [0.2, 0.25) is 0 Å². The molecule has 1 aromatic carbocycles. The summed E-state index contributed by atoms with van der Waals surface area (Å²) in [7, 11) is 0. The molecule has 1 saturated heterocycles. The molecule has 91 valence electrons. The normalized spacial score (nSPS) is 19.1. The Kier molecular flexibility index (Phi) is 3.18. The van der Waals surface area contributed by atoms with Crippen LogP contribution in [0.25, 0.3) is 0 Å². The minimum absolute atomic E-state index is 0.128. The maximum absolute atomic E-state index is 13.5. The standard InChI is InChI=1S/C14H17FNO/c1-14(2)8-5-9-16(10-14)13(17)11-6-3-4-7-12(11)15/h3-4,6H,5,8-10H2,1-2H3. The summed E-state index contributed by atoms with van der Waals surface area (Å²) in [4.78, 5) is 13.9. The summed E-state index contributed by atoms with van der Waals surface area (Å²) < 4.78 is 13.5. The van der Waals surface area contributed by atoms with Crippen molar-refractivity contribution in [3.63, 3.8) is 0 Å². The number of carbonyl (C=O) groups excluding carboxylic acids is 1. The Morgan fingerprint density at radius 2 is 2.29 bits per heavy atom. The molecule has 0 N–H and O–H groups in total. The highest BCUT2D eigenvalue weighted by molar-refractivity contribution is 5.94. The monoisotopic (exact) mass is 234 g/mol. The second kappa shape index (κ2) is 4.47. The first kappa shape index (κ1) is 12.1. The van der Waals surface area contributed by atoms with Crippen molar-refractivity contribution in [1.82, 2.24) is 4.90 Å². The third-order valence-corrected chi connectivity index (χ3v) is 3.22. The number of hydrogen-bond acceptors (Lipinski definition) is 1. The quantitative estimate of drug-likeness (QED) is 0.731. The first-order chi connectivity index (χ1) is 7.99. The summed E-state index contributed by atoms with van der Waals surface area (Å²) in [5.41, 5.74) is 0.258. The largest absolute Gasteiger partial charge is 0.338 e. The number of rotatable bonds is 1. The third kappa shape index (κ3) is 2.65. The lowest BCUT2D eigenvalue weighted by atomic mass is 9.84. The van der Waals surface area contributed by atoms with Crippen LogP contribution in [-0.4, -0.2) is 23.9 Å². The molecule has 0 bridgehead atoms. The van der Waals surface area contributed by atoms with Gasteiger partial charge in [0, 0.05) is 19.2 Å². The maximum atomic E-state index is 13.5. The van der Waals surface area contributed by atoms with E-state index in [0.29, 0.717) is 6.54 Å². The molecule has 0 unspecified atom stereocenters. The topological polar surface area (TPSA) is 20.3 Å². The predicted molar refractivity (Wildman–Crippen MR) is 64.2 cm³/mol. The fourth-order valence-electron chi connectivity index (χ4n) is 2.35. The molecule has 0 saturated carbocycles. The highest BCUT2D eigenvalue weighted by Gasteiger charge is 2.30. The van der Waals surface area contributed by atoms with E-state index in [1.807, 2.05) is 0 Å². The van der Waals surface area contributed by atoms with Gasteiger partial charge in [-0.3, -0.25) is 4.79 Å². The molecule has 0 aromatic heterocycles. The Balaban J connectivity index is 2.18. The number of carbonyl (C=O) groups is 1. The Hall–Kier alpha value is -1.38. The Bertz CT molecular complexity index is 428. The van der Waals surface area contributed by atoms with Gasteiger partial charge in [-0.1, -0.05) is 26.0 Å². The molecule has 1 radical (unpaired) electrons. The van der Waals surface area contributed by atoms with Crippen LogP contribution in [0.4, 0.5) is 4.39 Å². The van der Waals surface area contributed by atoms with Crippen molar-refractivity contribution >= 4 is 5.91 Å². The van der Waals surface area contributed by atoms with Crippen molar-refractivity contribution in [1.29, 1.82) is 0 Å². The molecule has 1 amide bonds. The first-order valence-corrected chi connectivity index (χ1v) is 5.95. The number of hydrogen-bond donors (Lipinski definition) is 0. The minimum atomic E-state index is -0.555. The average Bonchev–Trinajstić information content (AvgIpc) is 2.27. The van der Waals surface area contributed by atoms with Crippen LogP contribution in [0, 0.1) is 17.3 Å². The van der Waals surface area contributed by atoms with Gasteiger partial charge in [-0.25, -0.2) is 4.39 Å². The van der Waals surface area contributed by atoms with Crippen molar-refractivity contribution in [2.24, 2.45) is 5.41 Å². The van der Waals surface area contributed by atoms with Crippen molar-refractivity contribution < 1.29 is 9.18 Å². The van der Waals surface area contributed by atoms with E-state index in [4.69, 9.17) is 0 Å². The summed E-state index contributed by atoms with van der Waals surface area (Å²) >= 11 is 0. The second-order valence-corrected chi connectivity index (χ2v) is 5.39. The van der Waals surface area contributed by atoms with Gasteiger partial charge in [0.2, 0.25) is 0 Å². The summed E-state index contributed by atoms with van der Waals surface area (Å²) in [6.07, 6.45) is 2.09. The fourth-order valence-corrected chi connectivity index (χ4v) is 2.35. The van der Waals surface area contributed by atoms with E-state index >= 15 is 0 Å². The highest BCUT2D eigenvalue weighted by Crippen LogP contribution is 2.29.